The first-order valence-electron chi connectivity index (χ1n) is 10.5. The monoisotopic (exact) mass is 466 g/mol. The molecule has 170 valence electrons. The molecule has 1 aromatic carbocycles. The molecule has 1 unspecified atom stereocenters. The third-order valence-corrected chi connectivity index (χ3v) is 6.38. The van der Waals surface area contributed by atoms with Crippen LogP contribution in [0.4, 0.5) is 11.5 Å². The number of H-pyrrole nitrogens is 1. The second kappa shape index (κ2) is 11.4. The van der Waals surface area contributed by atoms with Gasteiger partial charge >= 0.3 is 5.69 Å². The molecule has 31 heavy (non-hydrogen) atoms. The molecule has 2 aromatic rings. The quantitative estimate of drug-likeness (QED) is 0.549. The average Bonchev–Trinajstić information content (AvgIpc) is 2.71. The number of halogens is 1. The predicted octanol–water partition coefficient (Wildman–Crippen LogP) is 4.06. The molecule has 0 saturated heterocycles. The third-order valence-electron chi connectivity index (χ3n) is 4.87. The molecule has 1 amide bonds. The molecule has 1 aromatic heterocycles. The Morgan fingerprint density at radius 2 is 1.94 bits per heavy atom. The lowest BCUT2D eigenvalue weighted by Gasteiger charge is -2.25. The summed E-state index contributed by atoms with van der Waals surface area (Å²) in [4.78, 5) is 41.8. The van der Waals surface area contributed by atoms with Gasteiger partial charge in [-0.2, -0.15) is 0 Å². The van der Waals surface area contributed by atoms with Gasteiger partial charge in [0.25, 0.3) is 5.56 Å². The highest BCUT2D eigenvalue weighted by Gasteiger charge is 2.25. The number of thioether (sulfide) groups is 1. The highest BCUT2D eigenvalue weighted by molar-refractivity contribution is 8.00. The van der Waals surface area contributed by atoms with Crippen molar-refractivity contribution in [1.29, 1.82) is 0 Å². The fourth-order valence-corrected chi connectivity index (χ4v) is 4.53. The van der Waals surface area contributed by atoms with E-state index >= 15 is 0 Å². The van der Waals surface area contributed by atoms with Crippen molar-refractivity contribution in [2.75, 3.05) is 22.9 Å². The summed E-state index contributed by atoms with van der Waals surface area (Å²) in [5, 5.41) is 0.649. The minimum absolute atomic E-state index is 0.00352. The first kappa shape index (κ1) is 25.1. The van der Waals surface area contributed by atoms with Crippen LogP contribution in [0.15, 0.2) is 33.9 Å². The SMILES string of the molecule is CCCCN(C(=O)CSC(C)c1ccccc1Cl)c1c(N)n(CC(C)C)c(=O)[nH]c1=O. The molecule has 3 N–H and O–H groups in total. The molecule has 9 heteroatoms. The first-order valence-corrected chi connectivity index (χ1v) is 11.9. The molecule has 7 nitrogen and oxygen atoms in total. The Morgan fingerprint density at radius 1 is 1.26 bits per heavy atom. The number of amides is 1. The van der Waals surface area contributed by atoms with E-state index in [1.165, 1.54) is 21.2 Å². The number of nitrogens with zero attached hydrogens (tertiary/aromatic N) is 2. The smallest absolute Gasteiger partial charge is 0.330 e. The molecule has 0 aliphatic heterocycles. The Hall–Kier alpha value is -2.19. The molecular formula is C22H31ClN4O3S. The normalized spacial score (nSPS) is 12.2. The van der Waals surface area contributed by atoms with Crippen molar-refractivity contribution in [2.45, 2.75) is 52.3 Å². The van der Waals surface area contributed by atoms with Crippen LogP contribution in [-0.2, 0) is 11.3 Å². The number of anilines is 2. The Kier molecular flexibility index (Phi) is 9.25. The van der Waals surface area contributed by atoms with E-state index in [1.807, 2.05) is 52.0 Å². The van der Waals surface area contributed by atoms with E-state index in [0.717, 1.165) is 12.0 Å². The van der Waals surface area contributed by atoms with Gasteiger partial charge in [-0.1, -0.05) is 57.0 Å². The van der Waals surface area contributed by atoms with Gasteiger partial charge in [-0.05, 0) is 30.9 Å². The van der Waals surface area contributed by atoms with Crippen LogP contribution in [0.5, 0.6) is 0 Å². The highest BCUT2D eigenvalue weighted by atomic mass is 35.5. The lowest BCUT2D eigenvalue weighted by molar-refractivity contribution is -0.116. The summed E-state index contributed by atoms with van der Waals surface area (Å²) >= 11 is 7.71. The number of benzene rings is 1. The molecule has 0 spiro atoms. The number of hydrogen-bond donors (Lipinski definition) is 2. The molecule has 1 atom stereocenters. The Balaban J connectivity index is 2.33. The molecule has 0 bridgehead atoms. The number of unbranched alkanes of at least 4 members (excludes halogenated alkanes) is 1. The summed E-state index contributed by atoms with van der Waals surface area (Å²) in [6.45, 7) is 8.59. The van der Waals surface area contributed by atoms with Crippen molar-refractivity contribution >= 4 is 40.8 Å². The van der Waals surface area contributed by atoms with E-state index in [2.05, 4.69) is 4.98 Å². The van der Waals surface area contributed by atoms with Crippen molar-refractivity contribution in [2.24, 2.45) is 5.92 Å². The lowest BCUT2D eigenvalue weighted by atomic mass is 10.2. The topological polar surface area (TPSA) is 101 Å². The Labute approximate surface area is 192 Å². The third kappa shape index (κ3) is 6.40. The molecule has 0 saturated carbocycles. The van der Waals surface area contributed by atoms with Gasteiger partial charge < -0.3 is 10.6 Å². The summed E-state index contributed by atoms with van der Waals surface area (Å²) in [5.41, 5.74) is 6.02. The maximum absolute atomic E-state index is 13.2. The van der Waals surface area contributed by atoms with E-state index < -0.39 is 11.2 Å². The van der Waals surface area contributed by atoms with Gasteiger partial charge in [-0.3, -0.25) is 19.1 Å². The predicted molar refractivity (Wildman–Crippen MR) is 130 cm³/mol. The number of aromatic amines is 1. The van der Waals surface area contributed by atoms with Gasteiger partial charge in [0.15, 0.2) is 5.69 Å². The van der Waals surface area contributed by atoms with E-state index in [4.69, 9.17) is 17.3 Å². The first-order chi connectivity index (χ1) is 14.7. The van der Waals surface area contributed by atoms with Gasteiger partial charge in [-0.25, -0.2) is 4.79 Å². The van der Waals surface area contributed by atoms with Crippen LogP contribution in [0.2, 0.25) is 5.02 Å². The van der Waals surface area contributed by atoms with E-state index in [0.29, 0.717) is 24.5 Å². The van der Waals surface area contributed by atoms with Gasteiger partial charge in [0, 0.05) is 23.4 Å². The summed E-state index contributed by atoms with van der Waals surface area (Å²) in [6, 6.07) is 7.53. The number of nitrogens with two attached hydrogens (primary N) is 1. The van der Waals surface area contributed by atoms with Crippen molar-refractivity contribution in [1.82, 2.24) is 9.55 Å². The number of hydrogen-bond acceptors (Lipinski definition) is 5. The average molecular weight is 467 g/mol. The lowest BCUT2D eigenvalue weighted by Crippen LogP contribution is -2.42. The summed E-state index contributed by atoms with van der Waals surface area (Å²) < 4.78 is 1.33. The summed E-state index contributed by atoms with van der Waals surface area (Å²) in [5.74, 6) is 0.0871. The number of nitrogen functional groups attached to an aromatic ring is 1. The van der Waals surface area contributed by atoms with E-state index in [1.54, 1.807) is 0 Å². The van der Waals surface area contributed by atoms with Crippen LogP contribution in [0, 0.1) is 5.92 Å². The van der Waals surface area contributed by atoms with E-state index in [-0.39, 0.29) is 34.3 Å². The zero-order chi connectivity index (χ0) is 23.1. The standard InChI is InChI=1S/C22H31ClN4O3S/c1-5-6-11-26(18(28)13-31-15(4)16-9-7-8-10-17(16)23)19-20(24)27(12-14(2)3)22(30)25-21(19)29/h7-10,14-15H,5-6,11-13,24H2,1-4H3,(H,25,29,30). The molecule has 0 fully saturated rings. The second-order valence-electron chi connectivity index (χ2n) is 7.87. The number of rotatable bonds is 10. The van der Waals surface area contributed by atoms with E-state index in [9.17, 15) is 14.4 Å². The number of aromatic nitrogens is 2. The zero-order valence-corrected chi connectivity index (χ0v) is 20.1. The molecule has 0 radical (unpaired) electrons. The summed E-state index contributed by atoms with van der Waals surface area (Å²) in [7, 11) is 0. The number of carbonyl (C=O) groups is 1. The van der Waals surface area contributed by atoms with Crippen LogP contribution in [0.25, 0.3) is 0 Å². The number of nitrogens with one attached hydrogen (secondary N) is 1. The minimum atomic E-state index is -0.642. The number of carbonyl (C=O) groups excluding carboxylic acids is 1. The van der Waals surface area contributed by atoms with Crippen molar-refractivity contribution < 1.29 is 4.79 Å². The fourth-order valence-electron chi connectivity index (χ4n) is 3.23. The van der Waals surface area contributed by atoms with Crippen LogP contribution < -0.4 is 21.9 Å². The zero-order valence-electron chi connectivity index (χ0n) is 18.5. The molecule has 0 aliphatic carbocycles. The second-order valence-corrected chi connectivity index (χ2v) is 9.61. The van der Waals surface area contributed by atoms with Crippen molar-refractivity contribution in [3.63, 3.8) is 0 Å². The van der Waals surface area contributed by atoms with Crippen LogP contribution >= 0.6 is 23.4 Å². The maximum atomic E-state index is 13.2. The van der Waals surface area contributed by atoms with Gasteiger partial charge in [-0.15, -0.1) is 11.8 Å². The van der Waals surface area contributed by atoms with Crippen LogP contribution in [0.1, 0.15) is 51.3 Å². The fraction of sp³-hybridized carbons (Fsp3) is 0.500. The largest absolute Gasteiger partial charge is 0.383 e. The Morgan fingerprint density at radius 3 is 2.55 bits per heavy atom. The summed E-state index contributed by atoms with van der Waals surface area (Å²) in [6.07, 6.45) is 1.55. The van der Waals surface area contributed by atoms with Crippen LogP contribution in [0.3, 0.4) is 0 Å². The molecule has 0 aliphatic rings. The Bertz CT molecular complexity index is 1020. The maximum Gasteiger partial charge on any atom is 0.330 e. The van der Waals surface area contributed by atoms with Crippen LogP contribution in [-0.4, -0.2) is 27.8 Å². The molecule has 1 heterocycles. The molecule has 2 rings (SSSR count). The van der Waals surface area contributed by atoms with Crippen molar-refractivity contribution in [3.05, 3.63) is 55.7 Å². The highest BCUT2D eigenvalue weighted by Crippen LogP contribution is 2.33. The van der Waals surface area contributed by atoms with Gasteiger partial charge in [0.2, 0.25) is 5.91 Å². The minimum Gasteiger partial charge on any atom is -0.383 e. The van der Waals surface area contributed by atoms with Gasteiger partial charge in [0.05, 0.1) is 5.75 Å². The van der Waals surface area contributed by atoms with Crippen molar-refractivity contribution in [3.8, 4) is 0 Å². The molecular weight excluding hydrogens is 436 g/mol. The van der Waals surface area contributed by atoms with Gasteiger partial charge in [0.1, 0.15) is 5.82 Å².